The molecule has 2 fully saturated rings. The van der Waals surface area contributed by atoms with Gasteiger partial charge in [0.1, 0.15) is 6.04 Å². The number of rotatable bonds is 3. The third-order valence-corrected chi connectivity index (χ3v) is 4.60. The van der Waals surface area contributed by atoms with E-state index in [4.69, 9.17) is 9.84 Å². The molecule has 0 radical (unpaired) electrons. The van der Waals surface area contributed by atoms with Gasteiger partial charge in [0.25, 0.3) is 5.24 Å². The minimum atomic E-state index is -1.01. The second kappa shape index (κ2) is 6.33. The van der Waals surface area contributed by atoms with E-state index >= 15 is 0 Å². The summed E-state index contributed by atoms with van der Waals surface area (Å²) in [6.07, 6.45) is -0.186. The number of hydrogen-bond acceptors (Lipinski definition) is 6. The molecular formula is C12H16N2O6S. The molecule has 0 aromatic rings. The summed E-state index contributed by atoms with van der Waals surface area (Å²) >= 11 is 0.864. The highest BCUT2D eigenvalue weighted by atomic mass is 32.2. The Balaban J connectivity index is 2.14. The van der Waals surface area contributed by atoms with Crippen LogP contribution in [0.4, 0.5) is 9.59 Å². The highest BCUT2D eigenvalue weighted by molar-refractivity contribution is 8.14. The summed E-state index contributed by atoms with van der Waals surface area (Å²) in [7, 11) is 1.21. The van der Waals surface area contributed by atoms with Gasteiger partial charge in [0, 0.05) is 13.1 Å². The monoisotopic (exact) mass is 316 g/mol. The smallest absolute Gasteiger partial charge is 0.407 e. The Morgan fingerprint density at radius 3 is 2.38 bits per heavy atom. The number of likely N-dealkylation sites (tertiary alicyclic amines) is 1. The van der Waals surface area contributed by atoms with E-state index in [2.05, 4.69) is 0 Å². The molecule has 1 atom stereocenters. The first-order chi connectivity index (χ1) is 9.95. The average molecular weight is 316 g/mol. The van der Waals surface area contributed by atoms with E-state index in [9.17, 15) is 19.2 Å². The van der Waals surface area contributed by atoms with Crippen molar-refractivity contribution in [1.29, 1.82) is 0 Å². The number of hydrogen-bond donors (Lipinski definition) is 1. The molecule has 21 heavy (non-hydrogen) atoms. The SMILES string of the molecule is COC(=O)C(C1CCN(C(=O)O)CC1)N1C(=O)CSC1=O. The van der Waals surface area contributed by atoms with Crippen molar-refractivity contribution in [3.63, 3.8) is 0 Å². The van der Waals surface area contributed by atoms with Crippen LogP contribution in [0.25, 0.3) is 0 Å². The van der Waals surface area contributed by atoms with E-state index in [0.717, 1.165) is 16.7 Å². The summed E-state index contributed by atoms with van der Waals surface area (Å²) in [5.74, 6) is -1.28. The van der Waals surface area contributed by atoms with Crippen LogP contribution in [0.2, 0.25) is 0 Å². The molecule has 2 aliphatic rings. The van der Waals surface area contributed by atoms with Crippen LogP contribution in [-0.4, -0.2) is 70.1 Å². The van der Waals surface area contributed by atoms with Crippen LogP contribution < -0.4 is 0 Å². The van der Waals surface area contributed by atoms with Crippen molar-refractivity contribution in [3.8, 4) is 0 Å². The van der Waals surface area contributed by atoms with E-state index in [1.54, 1.807) is 0 Å². The Hall–Kier alpha value is -1.77. The summed E-state index contributed by atoms with van der Waals surface area (Å²) in [5.41, 5.74) is 0. The molecule has 3 amide bonds. The third-order valence-electron chi connectivity index (χ3n) is 3.76. The number of thioether (sulfide) groups is 1. The van der Waals surface area contributed by atoms with Crippen molar-refractivity contribution in [3.05, 3.63) is 0 Å². The number of amides is 3. The quantitative estimate of drug-likeness (QED) is 0.761. The summed E-state index contributed by atoms with van der Waals surface area (Å²) in [6, 6.07) is -0.957. The van der Waals surface area contributed by atoms with Crippen molar-refractivity contribution in [2.75, 3.05) is 26.0 Å². The van der Waals surface area contributed by atoms with E-state index in [-0.39, 0.29) is 24.8 Å². The van der Waals surface area contributed by atoms with Crippen LogP contribution in [0, 0.1) is 5.92 Å². The molecule has 0 bridgehead atoms. The number of carbonyl (C=O) groups is 4. The molecule has 8 nitrogen and oxygen atoms in total. The van der Waals surface area contributed by atoms with Gasteiger partial charge in [0.05, 0.1) is 12.9 Å². The Morgan fingerprint density at radius 2 is 1.95 bits per heavy atom. The number of imide groups is 1. The van der Waals surface area contributed by atoms with Crippen LogP contribution in [-0.2, 0) is 14.3 Å². The normalized spacial score (nSPS) is 21.6. The standard InChI is InChI=1S/C12H16N2O6S/c1-20-10(16)9(14-8(15)6-21-12(14)19)7-2-4-13(5-3-7)11(17)18/h7,9H,2-6H2,1H3,(H,17,18). The fourth-order valence-corrected chi connectivity index (χ4v) is 3.41. The predicted octanol–water partition coefficient (Wildman–Crippen LogP) is 0.613. The molecule has 0 aromatic carbocycles. The highest BCUT2D eigenvalue weighted by Gasteiger charge is 2.45. The van der Waals surface area contributed by atoms with E-state index in [0.29, 0.717) is 12.8 Å². The van der Waals surface area contributed by atoms with Crippen molar-refractivity contribution >= 4 is 35.0 Å². The lowest BCUT2D eigenvalue weighted by Crippen LogP contribution is -2.52. The Kier molecular flexibility index (Phi) is 4.71. The summed E-state index contributed by atoms with van der Waals surface area (Å²) < 4.78 is 4.72. The van der Waals surface area contributed by atoms with Gasteiger partial charge in [0.15, 0.2) is 0 Å². The lowest BCUT2D eigenvalue weighted by atomic mass is 9.88. The first-order valence-corrected chi connectivity index (χ1v) is 7.48. The molecule has 0 spiro atoms. The summed E-state index contributed by atoms with van der Waals surface area (Å²) in [6.45, 7) is 0.549. The second-order valence-electron chi connectivity index (χ2n) is 4.89. The zero-order chi connectivity index (χ0) is 15.6. The van der Waals surface area contributed by atoms with Crippen molar-refractivity contribution in [1.82, 2.24) is 9.80 Å². The van der Waals surface area contributed by atoms with Crippen LogP contribution in [0.3, 0.4) is 0 Å². The molecule has 2 heterocycles. The van der Waals surface area contributed by atoms with Crippen molar-refractivity contribution < 1.29 is 29.0 Å². The second-order valence-corrected chi connectivity index (χ2v) is 5.82. The van der Waals surface area contributed by atoms with Gasteiger partial charge in [-0.25, -0.2) is 9.59 Å². The fraction of sp³-hybridized carbons (Fsp3) is 0.667. The zero-order valence-electron chi connectivity index (χ0n) is 11.5. The molecule has 9 heteroatoms. The Morgan fingerprint density at radius 1 is 1.33 bits per heavy atom. The maximum atomic E-state index is 12.0. The number of carbonyl (C=O) groups excluding carboxylic acids is 3. The number of esters is 1. The number of piperidine rings is 1. The first-order valence-electron chi connectivity index (χ1n) is 6.50. The number of nitrogens with zero attached hydrogens (tertiary/aromatic N) is 2. The topological polar surface area (TPSA) is 104 Å². The first kappa shape index (κ1) is 15.6. The average Bonchev–Trinajstić information content (AvgIpc) is 2.80. The molecule has 0 saturated carbocycles. The minimum Gasteiger partial charge on any atom is -0.467 e. The predicted molar refractivity (Wildman–Crippen MR) is 72.8 cm³/mol. The molecule has 2 saturated heterocycles. The van der Waals surface area contributed by atoms with Gasteiger partial charge in [-0.2, -0.15) is 0 Å². The molecule has 0 aromatic heterocycles. The largest absolute Gasteiger partial charge is 0.467 e. The summed E-state index contributed by atoms with van der Waals surface area (Å²) in [5, 5.41) is 8.48. The van der Waals surface area contributed by atoms with Crippen LogP contribution in [0.1, 0.15) is 12.8 Å². The lowest BCUT2D eigenvalue weighted by Gasteiger charge is -2.36. The highest BCUT2D eigenvalue weighted by Crippen LogP contribution is 2.30. The van der Waals surface area contributed by atoms with Gasteiger partial charge >= 0.3 is 12.1 Å². The minimum absolute atomic E-state index is 0.0281. The molecule has 116 valence electrons. The molecule has 2 rings (SSSR count). The van der Waals surface area contributed by atoms with Crippen molar-refractivity contribution in [2.24, 2.45) is 5.92 Å². The fourth-order valence-electron chi connectivity index (χ4n) is 2.67. The maximum absolute atomic E-state index is 12.0. The number of ether oxygens (including phenoxy) is 1. The lowest BCUT2D eigenvalue weighted by molar-refractivity contribution is -0.152. The van der Waals surface area contributed by atoms with Crippen LogP contribution >= 0.6 is 11.8 Å². The van der Waals surface area contributed by atoms with Gasteiger partial charge in [-0.1, -0.05) is 11.8 Å². The van der Waals surface area contributed by atoms with Gasteiger partial charge in [-0.05, 0) is 18.8 Å². The molecule has 2 aliphatic heterocycles. The van der Waals surface area contributed by atoms with E-state index in [1.807, 2.05) is 0 Å². The zero-order valence-corrected chi connectivity index (χ0v) is 12.3. The molecule has 0 aliphatic carbocycles. The van der Waals surface area contributed by atoms with E-state index in [1.165, 1.54) is 12.0 Å². The molecule has 1 N–H and O–H groups in total. The van der Waals surface area contributed by atoms with Gasteiger partial charge in [0.2, 0.25) is 5.91 Å². The third kappa shape index (κ3) is 3.12. The van der Waals surface area contributed by atoms with Gasteiger partial charge in [-0.15, -0.1) is 0 Å². The van der Waals surface area contributed by atoms with Crippen molar-refractivity contribution in [2.45, 2.75) is 18.9 Å². The van der Waals surface area contributed by atoms with E-state index < -0.39 is 29.3 Å². The number of methoxy groups -OCH3 is 1. The molecular weight excluding hydrogens is 300 g/mol. The van der Waals surface area contributed by atoms with Gasteiger partial charge in [-0.3, -0.25) is 14.5 Å². The van der Waals surface area contributed by atoms with Crippen LogP contribution in [0.15, 0.2) is 0 Å². The molecule has 1 unspecified atom stereocenters. The maximum Gasteiger partial charge on any atom is 0.407 e. The van der Waals surface area contributed by atoms with Gasteiger partial charge < -0.3 is 14.7 Å². The Labute approximate surface area is 125 Å². The van der Waals surface area contributed by atoms with Crippen LogP contribution in [0.5, 0.6) is 0 Å². The Bertz CT molecular complexity index is 458. The number of carboxylic acid groups (broad SMARTS) is 1. The summed E-state index contributed by atoms with van der Waals surface area (Å²) in [4.78, 5) is 48.8.